The molecule has 29 heavy (non-hydrogen) atoms. The molecule has 1 aromatic heterocycles. The Labute approximate surface area is 173 Å². The fourth-order valence-corrected chi connectivity index (χ4v) is 4.95. The zero-order valence-electron chi connectivity index (χ0n) is 17.6. The molecule has 6 nitrogen and oxygen atoms in total. The van der Waals surface area contributed by atoms with Crippen LogP contribution in [0.2, 0.25) is 0 Å². The molecular weight excluding hydrogens is 366 g/mol. The summed E-state index contributed by atoms with van der Waals surface area (Å²) in [6, 6.07) is 8.37. The van der Waals surface area contributed by atoms with Gasteiger partial charge in [0.25, 0.3) is 5.91 Å². The predicted octanol–water partition coefficient (Wildman–Crippen LogP) is 2.59. The van der Waals surface area contributed by atoms with Crippen molar-refractivity contribution in [3.05, 3.63) is 35.6 Å². The number of nitrogens with zero attached hydrogens (tertiary/aromatic N) is 3. The molecule has 0 spiro atoms. The molecule has 4 rings (SSSR count). The second kappa shape index (κ2) is 8.86. The SMILES string of the molecule is Cc1cccc2cc(C(=O)N3CC[C@@H](N4CCN(C)CC4)[C@@H](CCCO)C3)oc12. The van der Waals surface area contributed by atoms with Gasteiger partial charge in [0.2, 0.25) is 0 Å². The standard InChI is InChI=1S/C23H33N3O3/c1-17-5-3-6-18-15-21(29-22(17)18)23(28)26-9-8-20(19(16-26)7-4-14-27)25-12-10-24(2)11-13-25/h3,5-6,15,19-20,27H,4,7-14,16H2,1-2H3/t19-,20+/m0/s1. The number of benzene rings is 1. The first-order valence-corrected chi connectivity index (χ1v) is 10.9. The van der Waals surface area contributed by atoms with E-state index in [1.54, 1.807) is 0 Å². The van der Waals surface area contributed by atoms with Crippen molar-refractivity contribution >= 4 is 16.9 Å². The summed E-state index contributed by atoms with van der Waals surface area (Å²) in [6.45, 7) is 8.11. The highest BCUT2D eigenvalue weighted by atomic mass is 16.3. The number of para-hydroxylation sites is 1. The molecule has 0 radical (unpaired) electrons. The number of aliphatic hydroxyl groups excluding tert-OH is 1. The summed E-state index contributed by atoms with van der Waals surface area (Å²) in [6.07, 6.45) is 2.74. The van der Waals surface area contributed by atoms with Crippen molar-refractivity contribution in [2.24, 2.45) is 5.92 Å². The fourth-order valence-electron chi connectivity index (χ4n) is 4.95. The van der Waals surface area contributed by atoms with Gasteiger partial charge in [-0.2, -0.15) is 0 Å². The number of furan rings is 1. The van der Waals surface area contributed by atoms with Gasteiger partial charge in [-0.05, 0) is 50.8 Å². The summed E-state index contributed by atoms with van der Waals surface area (Å²) in [4.78, 5) is 20.1. The maximum atomic E-state index is 13.2. The smallest absolute Gasteiger partial charge is 0.289 e. The van der Waals surface area contributed by atoms with Gasteiger partial charge in [0, 0.05) is 57.3 Å². The Morgan fingerprint density at radius 1 is 1.21 bits per heavy atom. The number of likely N-dealkylation sites (tertiary alicyclic amines) is 1. The molecule has 2 saturated heterocycles. The highest BCUT2D eigenvalue weighted by Crippen LogP contribution is 2.29. The van der Waals surface area contributed by atoms with Crippen molar-refractivity contribution in [3.63, 3.8) is 0 Å². The number of likely N-dealkylation sites (N-methyl/N-ethyl adjacent to an activating group) is 1. The van der Waals surface area contributed by atoms with Gasteiger partial charge in [0.05, 0.1) is 0 Å². The lowest BCUT2D eigenvalue weighted by atomic mass is 9.86. The van der Waals surface area contributed by atoms with E-state index in [9.17, 15) is 9.90 Å². The molecule has 158 valence electrons. The van der Waals surface area contributed by atoms with Crippen LogP contribution >= 0.6 is 0 Å². The van der Waals surface area contributed by atoms with E-state index in [0.29, 0.717) is 17.7 Å². The maximum absolute atomic E-state index is 13.2. The van der Waals surface area contributed by atoms with E-state index in [1.165, 1.54) is 0 Å². The normalized spacial score (nSPS) is 24.3. The number of fused-ring (bicyclic) bond motifs is 1. The first kappa shape index (κ1) is 20.4. The Hall–Kier alpha value is -1.89. The van der Waals surface area contributed by atoms with Crippen molar-refractivity contribution in [2.75, 3.05) is 52.9 Å². The third kappa shape index (κ3) is 4.34. The molecule has 6 heteroatoms. The Morgan fingerprint density at radius 3 is 2.72 bits per heavy atom. The van der Waals surface area contributed by atoms with E-state index in [4.69, 9.17) is 4.42 Å². The molecule has 0 bridgehead atoms. The van der Waals surface area contributed by atoms with Crippen molar-refractivity contribution in [1.82, 2.24) is 14.7 Å². The van der Waals surface area contributed by atoms with Gasteiger partial charge in [-0.1, -0.05) is 18.2 Å². The predicted molar refractivity (Wildman–Crippen MR) is 114 cm³/mol. The second-order valence-corrected chi connectivity index (χ2v) is 8.68. The molecule has 0 aliphatic carbocycles. The van der Waals surface area contributed by atoms with Crippen LogP contribution in [0, 0.1) is 12.8 Å². The topological polar surface area (TPSA) is 60.2 Å². The number of piperidine rings is 1. The van der Waals surface area contributed by atoms with Crippen LogP contribution in [0.1, 0.15) is 35.4 Å². The van der Waals surface area contributed by atoms with Crippen molar-refractivity contribution in [2.45, 2.75) is 32.2 Å². The Bertz CT molecular complexity index is 841. The van der Waals surface area contributed by atoms with Crippen LogP contribution in [0.25, 0.3) is 11.0 Å². The number of hydrogen-bond donors (Lipinski definition) is 1. The second-order valence-electron chi connectivity index (χ2n) is 8.68. The quantitative estimate of drug-likeness (QED) is 0.837. The number of carbonyl (C=O) groups excluding carboxylic acids is 1. The summed E-state index contributed by atoms with van der Waals surface area (Å²) < 4.78 is 5.94. The highest BCUT2D eigenvalue weighted by molar-refractivity contribution is 5.96. The number of piperazine rings is 1. The monoisotopic (exact) mass is 399 g/mol. The number of rotatable bonds is 5. The molecule has 1 N–H and O–H groups in total. The van der Waals surface area contributed by atoms with Crippen molar-refractivity contribution in [1.29, 1.82) is 0 Å². The van der Waals surface area contributed by atoms with Crippen LogP contribution in [-0.4, -0.2) is 84.7 Å². The highest BCUT2D eigenvalue weighted by Gasteiger charge is 2.36. The lowest BCUT2D eigenvalue weighted by Gasteiger charge is -2.46. The summed E-state index contributed by atoms with van der Waals surface area (Å²) in [5, 5.41) is 10.4. The molecule has 2 aliphatic rings. The average molecular weight is 400 g/mol. The van der Waals surface area contributed by atoms with Gasteiger partial charge >= 0.3 is 0 Å². The Balaban J connectivity index is 1.48. The Morgan fingerprint density at radius 2 is 2.00 bits per heavy atom. The third-order valence-electron chi connectivity index (χ3n) is 6.67. The van der Waals surface area contributed by atoms with E-state index in [-0.39, 0.29) is 12.5 Å². The average Bonchev–Trinajstić information content (AvgIpc) is 3.18. The number of aryl methyl sites for hydroxylation is 1. The van der Waals surface area contributed by atoms with Gasteiger partial charge in [-0.15, -0.1) is 0 Å². The summed E-state index contributed by atoms with van der Waals surface area (Å²) in [5.74, 6) is 0.828. The number of carbonyl (C=O) groups is 1. The zero-order valence-corrected chi connectivity index (χ0v) is 17.6. The zero-order chi connectivity index (χ0) is 20.4. The van der Waals surface area contributed by atoms with Crippen LogP contribution in [0.3, 0.4) is 0 Å². The summed E-state index contributed by atoms with van der Waals surface area (Å²) in [5.41, 5.74) is 1.86. The van der Waals surface area contributed by atoms with Crippen LogP contribution in [0.15, 0.2) is 28.7 Å². The molecule has 1 amide bonds. The molecule has 3 heterocycles. The van der Waals surface area contributed by atoms with Gasteiger partial charge < -0.3 is 19.3 Å². The van der Waals surface area contributed by atoms with E-state index in [1.807, 2.05) is 36.1 Å². The first-order valence-electron chi connectivity index (χ1n) is 10.9. The molecule has 2 aliphatic heterocycles. The lowest BCUT2D eigenvalue weighted by molar-refractivity contribution is 0.0205. The minimum absolute atomic E-state index is 0.00794. The number of hydrogen-bond acceptors (Lipinski definition) is 5. The van der Waals surface area contributed by atoms with Crippen LogP contribution in [0.5, 0.6) is 0 Å². The van der Waals surface area contributed by atoms with E-state index in [0.717, 1.165) is 75.1 Å². The summed E-state index contributed by atoms with van der Waals surface area (Å²) in [7, 11) is 2.18. The molecular formula is C23H33N3O3. The van der Waals surface area contributed by atoms with Gasteiger partial charge in [-0.3, -0.25) is 9.69 Å². The first-order chi connectivity index (χ1) is 14.1. The van der Waals surface area contributed by atoms with Crippen LogP contribution in [-0.2, 0) is 0 Å². The minimum Gasteiger partial charge on any atom is -0.451 e. The lowest BCUT2D eigenvalue weighted by Crippen LogP contribution is -2.56. The van der Waals surface area contributed by atoms with Gasteiger partial charge in [0.15, 0.2) is 5.76 Å². The summed E-state index contributed by atoms with van der Waals surface area (Å²) >= 11 is 0. The van der Waals surface area contributed by atoms with E-state index < -0.39 is 0 Å². The maximum Gasteiger partial charge on any atom is 0.289 e. The van der Waals surface area contributed by atoms with E-state index >= 15 is 0 Å². The molecule has 1 aromatic carbocycles. The molecule has 2 aromatic rings. The van der Waals surface area contributed by atoms with Crippen molar-refractivity contribution in [3.8, 4) is 0 Å². The molecule has 2 atom stereocenters. The largest absolute Gasteiger partial charge is 0.451 e. The Kier molecular flexibility index (Phi) is 6.23. The minimum atomic E-state index is -0.00794. The van der Waals surface area contributed by atoms with Gasteiger partial charge in [-0.25, -0.2) is 0 Å². The number of amides is 1. The molecule has 2 fully saturated rings. The fraction of sp³-hybridized carbons (Fsp3) is 0.609. The van der Waals surface area contributed by atoms with Crippen molar-refractivity contribution < 1.29 is 14.3 Å². The van der Waals surface area contributed by atoms with Gasteiger partial charge in [0.1, 0.15) is 5.58 Å². The number of aliphatic hydroxyl groups is 1. The van der Waals surface area contributed by atoms with E-state index in [2.05, 4.69) is 16.8 Å². The van der Waals surface area contributed by atoms with Crippen LogP contribution < -0.4 is 0 Å². The third-order valence-corrected chi connectivity index (χ3v) is 6.67. The molecule has 0 saturated carbocycles. The van der Waals surface area contributed by atoms with Crippen LogP contribution in [0.4, 0.5) is 0 Å². The molecule has 0 unspecified atom stereocenters.